The molecule has 0 aromatic carbocycles. The molecule has 3 heteroatoms. The van der Waals surface area contributed by atoms with Gasteiger partial charge in [0.25, 0.3) is 0 Å². The van der Waals surface area contributed by atoms with Crippen LogP contribution in [0.2, 0.25) is 0 Å². The Labute approximate surface area is 79.0 Å². The van der Waals surface area contributed by atoms with Crippen molar-refractivity contribution >= 4 is 0 Å². The molecule has 0 bridgehead atoms. The minimum Gasteiger partial charge on any atom is -0.335 e. The van der Waals surface area contributed by atoms with Crippen LogP contribution in [0, 0.1) is 0 Å². The lowest BCUT2D eigenvalue weighted by molar-refractivity contribution is 0.545. The van der Waals surface area contributed by atoms with Crippen molar-refractivity contribution in [2.24, 2.45) is 5.73 Å². The zero-order valence-corrected chi connectivity index (χ0v) is 8.11. The van der Waals surface area contributed by atoms with Gasteiger partial charge in [0.05, 0.1) is 0 Å². The van der Waals surface area contributed by atoms with Gasteiger partial charge in [0.1, 0.15) is 5.82 Å². The van der Waals surface area contributed by atoms with E-state index in [1.165, 1.54) is 18.7 Å². The molecule has 0 spiro atoms. The number of hydrogen-bond donors (Lipinski definition) is 1. The van der Waals surface area contributed by atoms with Crippen molar-refractivity contribution in [1.29, 1.82) is 0 Å². The number of aromatic nitrogens is 2. The van der Waals surface area contributed by atoms with Gasteiger partial charge in [-0.1, -0.05) is 6.42 Å². The van der Waals surface area contributed by atoms with E-state index in [-0.39, 0.29) is 0 Å². The summed E-state index contributed by atoms with van der Waals surface area (Å²) in [5.41, 5.74) is 6.04. The van der Waals surface area contributed by atoms with E-state index in [1.54, 1.807) is 0 Å². The van der Waals surface area contributed by atoms with Crippen LogP contribution in [0.3, 0.4) is 0 Å². The lowest BCUT2D eigenvalue weighted by Gasteiger charge is -2.15. The van der Waals surface area contributed by atoms with Crippen LogP contribution in [-0.4, -0.2) is 15.6 Å². The van der Waals surface area contributed by atoms with Gasteiger partial charge in [-0.3, -0.25) is 0 Å². The van der Waals surface area contributed by atoms with E-state index in [2.05, 4.69) is 16.5 Å². The second kappa shape index (κ2) is 3.50. The number of aryl methyl sites for hydroxylation is 1. The zero-order chi connectivity index (χ0) is 9.26. The molecular formula is C10H17N3. The maximum Gasteiger partial charge on any atom is 0.113 e. The average molecular weight is 179 g/mol. The number of nitrogens with two attached hydrogens (primary N) is 1. The third-order valence-electron chi connectivity index (χ3n) is 2.99. The fraction of sp³-hybridized carbons (Fsp3) is 0.700. The summed E-state index contributed by atoms with van der Waals surface area (Å²) in [5, 5.41) is 0. The molecule has 13 heavy (non-hydrogen) atoms. The quantitative estimate of drug-likeness (QED) is 0.747. The van der Waals surface area contributed by atoms with Gasteiger partial charge >= 0.3 is 0 Å². The van der Waals surface area contributed by atoms with Crippen LogP contribution < -0.4 is 5.73 Å². The van der Waals surface area contributed by atoms with E-state index in [9.17, 15) is 0 Å². The van der Waals surface area contributed by atoms with Crippen LogP contribution in [-0.2, 0) is 6.54 Å². The molecule has 2 N–H and O–H groups in total. The summed E-state index contributed by atoms with van der Waals surface area (Å²) in [6.07, 6.45) is 7.53. The van der Waals surface area contributed by atoms with Gasteiger partial charge in [-0.05, 0) is 19.8 Å². The van der Waals surface area contributed by atoms with Crippen molar-refractivity contribution < 1.29 is 0 Å². The van der Waals surface area contributed by atoms with Gasteiger partial charge in [0, 0.05) is 30.9 Å². The van der Waals surface area contributed by atoms with E-state index in [0.29, 0.717) is 12.0 Å². The van der Waals surface area contributed by atoms with Gasteiger partial charge in [-0.15, -0.1) is 0 Å². The number of rotatable bonds is 2. The fourth-order valence-electron chi connectivity index (χ4n) is 2.23. The second-order valence-corrected chi connectivity index (χ2v) is 3.77. The first-order valence-corrected chi connectivity index (χ1v) is 5.09. The van der Waals surface area contributed by atoms with Crippen molar-refractivity contribution in [2.45, 2.75) is 44.7 Å². The predicted octanol–water partition coefficient (Wildman–Crippen LogP) is 1.50. The van der Waals surface area contributed by atoms with Gasteiger partial charge in [0.2, 0.25) is 0 Å². The summed E-state index contributed by atoms with van der Waals surface area (Å²) >= 11 is 0. The highest BCUT2D eigenvalue weighted by Gasteiger charge is 2.28. The summed E-state index contributed by atoms with van der Waals surface area (Å²) in [4.78, 5) is 4.40. The summed E-state index contributed by atoms with van der Waals surface area (Å²) in [5.74, 6) is 1.68. The lowest BCUT2D eigenvalue weighted by atomic mass is 10.0. The Morgan fingerprint density at radius 2 is 2.46 bits per heavy atom. The summed E-state index contributed by atoms with van der Waals surface area (Å²) in [6, 6.07) is 0.327. The molecule has 1 aliphatic rings. The molecule has 0 radical (unpaired) electrons. The SMILES string of the molecule is CCn1ccnc1C1CCCC1N. The highest BCUT2D eigenvalue weighted by Crippen LogP contribution is 2.32. The molecule has 0 saturated heterocycles. The van der Waals surface area contributed by atoms with E-state index >= 15 is 0 Å². The summed E-state index contributed by atoms with van der Waals surface area (Å²) in [7, 11) is 0. The summed E-state index contributed by atoms with van der Waals surface area (Å²) in [6.45, 7) is 3.14. The lowest BCUT2D eigenvalue weighted by Crippen LogP contribution is -2.25. The Morgan fingerprint density at radius 3 is 3.08 bits per heavy atom. The van der Waals surface area contributed by atoms with Crippen molar-refractivity contribution in [2.75, 3.05) is 0 Å². The van der Waals surface area contributed by atoms with Crippen molar-refractivity contribution in [3.05, 3.63) is 18.2 Å². The molecule has 72 valence electrons. The first-order valence-electron chi connectivity index (χ1n) is 5.09. The van der Waals surface area contributed by atoms with Crippen molar-refractivity contribution in [3.8, 4) is 0 Å². The Morgan fingerprint density at radius 1 is 1.62 bits per heavy atom. The molecule has 1 aromatic rings. The molecule has 1 saturated carbocycles. The van der Waals surface area contributed by atoms with Gasteiger partial charge in [-0.25, -0.2) is 4.98 Å². The van der Waals surface area contributed by atoms with E-state index in [0.717, 1.165) is 13.0 Å². The molecular weight excluding hydrogens is 162 g/mol. The van der Waals surface area contributed by atoms with Crippen LogP contribution in [0.1, 0.15) is 37.9 Å². The second-order valence-electron chi connectivity index (χ2n) is 3.77. The van der Waals surface area contributed by atoms with Gasteiger partial charge in [0.15, 0.2) is 0 Å². The highest BCUT2D eigenvalue weighted by atomic mass is 15.1. The number of nitrogens with zero attached hydrogens (tertiary/aromatic N) is 2. The summed E-state index contributed by atoms with van der Waals surface area (Å²) < 4.78 is 2.20. The third kappa shape index (κ3) is 1.48. The highest BCUT2D eigenvalue weighted by molar-refractivity contribution is 5.06. The molecule has 1 fully saturated rings. The zero-order valence-electron chi connectivity index (χ0n) is 8.11. The van der Waals surface area contributed by atoms with E-state index in [1.807, 2.05) is 12.4 Å². The molecule has 1 heterocycles. The normalized spacial score (nSPS) is 28.2. The van der Waals surface area contributed by atoms with Crippen molar-refractivity contribution in [3.63, 3.8) is 0 Å². The molecule has 2 unspecified atom stereocenters. The van der Waals surface area contributed by atoms with Crippen molar-refractivity contribution in [1.82, 2.24) is 9.55 Å². The Balaban J connectivity index is 2.23. The number of hydrogen-bond acceptors (Lipinski definition) is 2. The Bertz CT molecular complexity index is 279. The molecule has 3 nitrogen and oxygen atoms in total. The average Bonchev–Trinajstić information content (AvgIpc) is 2.71. The topological polar surface area (TPSA) is 43.8 Å². The third-order valence-corrected chi connectivity index (χ3v) is 2.99. The molecule has 1 aliphatic carbocycles. The van der Waals surface area contributed by atoms with Crippen LogP contribution in [0.25, 0.3) is 0 Å². The monoisotopic (exact) mass is 179 g/mol. The fourth-order valence-corrected chi connectivity index (χ4v) is 2.23. The Hall–Kier alpha value is -0.830. The van der Waals surface area contributed by atoms with E-state index < -0.39 is 0 Å². The first-order chi connectivity index (χ1) is 6.33. The van der Waals surface area contributed by atoms with Crippen LogP contribution >= 0.6 is 0 Å². The number of imidazole rings is 1. The van der Waals surface area contributed by atoms with E-state index in [4.69, 9.17) is 5.73 Å². The minimum absolute atomic E-state index is 0.327. The standard InChI is InChI=1S/C10H17N3/c1-2-13-7-6-12-10(13)8-4-3-5-9(8)11/h6-9H,2-5,11H2,1H3. The van der Waals surface area contributed by atoms with Gasteiger partial charge in [-0.2, -0.15) is 0 Å². The molecule has 2 atom stereocenters. The molecule has 2 rings (SSSR count). The minimum atomic E-state index is 0.327. The molecule has 0 aliphatic heterocycles. The van der Waals surface area contributed by atoms with Crippen LogP contribution in [0.4, 0.5) is 0 Å². The predicted molar refractivity (Wildman–Crippen MR) is 52.5 cm³/mol. The van der Waals surface area contributed by atoms with Gasteiger partial charge < -0.3 is 10.3 Å². The Kier molecular flexibility index (Phi) is 2.36. The molecule has 0 amide bonds. The smallest absolute Gasteiger partial charge is 0.113 e. The van der Waals surface area contributed by atoms with Crippen LogP contribution in [0.15, 0.2) is 12.4 Å². The largest absolute Gasteiger partial charge is 0.335 e. The maximum atomic E-state index is 6.04. The maximum absolute atomic E-state index is 6.04. The first kappa shape index (κ1) is 8.75. The molecule has 1 aromatic heterocycles. The van der Waals surface area contributed by atoms with Crippen LogP contribution in [0.5, 0.6) is 0 Å².